The van der Waals surface area contributed by atoms with Crippen LogP contribution < -0.4 is 0 Å². The Bertz CT molecular complexity index is 2060. The molecule has 9 nitrogen and oxygen atoms in total. The van der Waals surface area contributed by atoms with Crippen molar-refractivity contribution in [1.82, 2.24) is 39.9 Å². The minimum Gasteiger partial charge on any atom is -0.324 e. The van der Waals surface area contributed by atoms with Gasteiger partial charge in [-0.05, 0) is 0 Å². The van der Waals surface area contributed by atoms with Crippen LogP contribution in [-0.2, 0) is 21.8 Å². The molecular formula is C32H18N8OZn. The van der Waals surface area contributed by atoms with E-state index in [0.717, 1.165) is 43.8 Å². The summed E-state index contributed by atoms with van der Waals surface area (Å²) in [7, 11) is 0. The molecule has 5 heterocycles. The van der Waals surface area contributed by atoms with Crippen LogP contribution in [-0.4, -0.2) is 39.9 Å². The molecule has 2 N–H and O–H groups in total. The average molecular weight is 596 g/mol. The largest absolute Gasteiger partial charge is 0.324 e. The zero-order valence-corrected chi connectivity index (χ0v) is 25.0. The number of aromatic amines is 2. The molecule has 0 fully saturated rings. The molecule has 0 atom stereocenters. The maximum absolute atomic E-state index is 8.38. The number of rotatable bonds is 0. The fraction of sp³-hybridized carbons (Fsp3) is 0. The molecule has 194 valence electrons. The summed E-state index contributed by atoms with van der Waals surface area (Å²) in [6, 6.07) is 32.2. The van der Waals surface area contributed by atoms with Gasteiger partial charge in [-0.3, -0.25) is 0 Å². The third-order valence-electron chi connectivity index (χ3n) is 7.46. The molecular weight excluding hydrogens is 578 g/mol. The van der Waals surface area contributed by atoms with E-state index in [1.165, 1.54) is 0 Å². The molecule has 0 radical (unpaired) electrons. The van der Waals surface area contributed by atoms with Crippen molar-refractivity contribution in [2.24, 2.45) is 0 Å². The van der Waals surface area contributed by atoms with Crippen molar-refractivity contribution in [3.05, 3.63) is 97.1 Å². The van der Waals surface area contributed by atoms with Crippen molar-refractivity contribution in [2.45, 2.75) is 0 Å². The minimum atomic E-state index is 0.125. The first-order chi connectivity index (χ1) is 20.8. The first kappa shape index (κ1) is 24.5. The quantitative estimate of drug-likeness (QED) is 0.186. The van der Waals surface area contributed by atoms with E-state index in [1.54, 1.807) is 0 Å². The first-order valence-corrected chi connectivity index (χ1v) is 14.5. The van der Waals surface area contributed by atoms with E-state index in [1.807, 2.05) is 97.1 Å². The fourth-order valence-corrected chi connectivity index (χ4v) is 5.59. The molecule has 0 saturated carbocycles. The van der Waals surface area contributed by atoms with Gasteiger partial charge in [-0.15, -0.1) is 0 Å². The molecule has 3 aromatic heterocycles. The summed E-state index contributed by atoms with van der Waals surface area (Å²) in [5, 5.41) is 3.82. The summed E-state index contributed by atoms with van der Waals surface area (Å²) in [5.74, 6) is 2.39. The summed E-state index contributed by atoms with van der Waals surface area (Å²) < 4.78 is 8.38. The van der Waals surface area contributed by atoms with E-state index in [0.29, 0.717) is 45.9 Å². The molecule has 0 saturated heterocycles. The molecule has 0 spiro atoms. The summed E-state index contributed by atoms with van der Waals surface area (Å²) in [4.78, 5) is 36.8. The van der Waals surface area contributed by atoms with Crippen molar-refractivity contribution in [3.63, 3.8) is 0 Å². The predicted octanol–water partition coefficient (Wildman–Crippen LogP) is 6.75. The summed E-state index contributed by atoms with van der Waals surface area (Å²) in [5.41, 5.74) is 6.45. The molecule has 2 aliphatic rings. The van der Waals surface area contributed by atoms with E-state index >= 15 is 0 Å². The third-order valence-corrected chi connectivity index (χ3v) is 7.46. The minimum absolute atomic E-state index is 0.125. The Morgan fingerprint density at radius 1 is 0.357 bits per heavy atom. The summed E-state index contributed by atoms with van der Waals surface area (Å²) in [6.07, 6.45) is 0. The molecule has 42 heavy (non-hydrogen) atoms. The van der Waals surface area contributed by atoms with Crippen LogP contribution in [0.5, 0.6) is 0 Å². The maximum Gasteiger partial charge on any atom is 0.164 e. The number of fused-ring (bicyclic) bond motifs is 20. The first-order valence-electron chi connectivity index (χ1n) is 13.3. The van der Waals surface area contributed by atoms with Gasteiger partial charge in [0.1, 0.15) is 22.6 Å². The van der Waals surface area contributed by atoms with Gasteiger partial charge in [0.05, 0.1) is 0 Å². The second-order valence-corrected chi connectivity index (χ2v) is 9.79. The zero-order chi connectivity index (χ0) is 28.2. The second kappa shape index (κ2) is 9.64. The third kappa shape index (κ3) is 3.73. The van der Waals surface area contributed by atoms with Gasteiger partial charge >= 0.3 is 21.8 Å². The molecule has 8 bridgehead atoms. The van der Waals surface area contributed by atoms with Crippen LogP contribution in [0.25, 0.3) is 89.7 Å². The Morgan fingerprint density at radius 3 is 0.857 bits per heavy atom. The van der Waals surface area contributed by atoms with Crippen LogP contribution in [0.3, 0.4) is 0 Å². The second-order valence-electron chi connectivity index (χ2n) is 9.79. The monoisotopic (exact) mass is 594 g/mol. The molecule has 9 rings (SSSR count). The van der Waals surface area contributed by atoms with Crippen molar-refractivity contribution >= 4 is 44.1 Å². The van der Waals surface area contributed by atoms with Crippen molar-refractivity contribution in [1.29, 1.82) is 0 Å². The number of hydrogen-bond acceptors (Lipinski definition) is 7. The van der Waals surface area contributed by atoms with Gasteiger partial charge in [0.25, 0.3) is 0 Å². The van der Waals surface area contributed by atoms with E-state index in [4.69, 9.17) is 33.5 Å². The number of nitrogens with zero attached hydrogens (tertiary/aromatic N) is 6. The normalized spacial score (nSPS) is 11.6. The van der Waals surface area contributed by atoms with E-state index in [2.05, 4.69) is 9.97 Å². The van der Waals surface area contributed by atoms with E-state index in [-0.39, 0.29) is 18.3 Å². The van der Waals surface area contributed by atoms with Gasteiger partial charge in [0.2, 0.25) is 0 Å². The van der Waals surface area contributed by atoms with Gasteiger partial charge in [-0.25, -0.2) is 29.9 Å². The van der Waals surface area contributed by atoms with Crippen LogP contribution >= 0.6 is 0 Å². The Labute approximate surface area is 247 Å². The van der Waals surface area contributed by atoms with Gasteiger partial charge in [0.15, 0.2) is 23.3 Å². The van der Waals surface area contributed by atoms with E-state index < -0.39 is 0 Å². The van der Waals surface area contributed by atoms with Gasteiger partial charge < -0.3 is 9.97 Å². The number of nitrogens with one attached hydrogen (secondary N) is 2. The fourth-order valence-electron chi connectivity index (χ4n) is 5.59. The zero-order valence-electron chi connectivity index (χ0n) is 22.0. The topological polar surface area (TPSA) is 126 Å². The summed E-state index contributed by atoms with van der Waals surface area (Å²) in [6.45, 7) is 0. The Kier molecular flexibility index (Phi) is 5.62. The van der Waals surface area contributed by atoms with Crippen molar-refractivity contribution in [3.8, 4) is 45.6 Å². The van der Waals surface area contributed by atoms with Gasteiger partial charge in [-0.2, -0.15) is 0 Å². The van der Waals surface area contributed by atoms with Gasteiger partial charge in [0, 0.05) is 43.8 Å². The number of H-pyrrole nitrogens is 2. The smallest absolute Gasteiger partial charge is 0.164 e. The molecule has 0 unspecified atom stereocenters. The Balaban J connectivity index is 0.00000131. The predicted molar refractivity (Wildman–Crippen MR) is 157 cm³/mol. The molecule has 7 aromatic rings. The Morgan fingerprint density at radius 2 is 0.595 bits per heavy atom. The van der Waals surface area contributed by atoms with Crippen molar-refractivity contribution < 1.29 is 21.8 Å². The number of aromatic nitrogens is 8. The molecule has 10 heteroatoms. The van der Waals surface area contributed by atoms with Crippen LogP contribution in [0.1, 0.15) is 0 Å². The van der Waals surface area contributed by atoms with Crippen LogP contribution in [0.15, 0.2) is 97.1 Å². The van der Waals surface area contributed by atoms with Crippen LogP contribution in [0.2, 0.25) is 0 Å². The van der Waals surface area contributed by atoms with Crippen LogP contribution in [0, 0.1) is 0 Å². The molecule has 4 aromatic carbocycles. The summed E-state index contributed by atoms with van der Waals surface area (Å²) >= 11 is 0.125. The molecule has 0 amide bonds. The maximum atomic E-state index is 8.38. The average Bonchev–Trinajstić information content (AvgIpc) is 3.78. The number of benzene rings is 4. The van der Waals surface area contributed by atoms with E-state index in [9.17, 15) is 0 Å². The van der Waals surface area contributed by atoms with Crippen molar-refractivity contribution in [2.75, 3.05) is 0 Å². The molecule has 2 aliphatic heterocycles. The standard InChI is InChI=1S/C32H18N8.O.Zn/c1-2-10-18-17(9-1)25-33-26(18)38-28-21-13-5-6-14-22(21)30(35-28)40-32-24-16-8-7-15-23(24)31(36-32)39-29-20-12-4-3-11-19(20)27(34-29)37-25;;/h1-16H,(H2,33,34,35,36,37,38,39,40);;. The Hall–Kier alpha value is -5.34. The van der Waals surface area contributed by atoms with Crippen LogP contribution in [0.4, 0.5) is 0 Å². The molecule has 0 aliphatic carbocycles. The SMILES string of the molecule is [O]=[Zn].c1ccc2c(c1)-c1nc-2nc2[nH]c(nc3nc(nc4[nH]c(n1)c1ccccc41)-c1ccccc1-3)c1ccccc21. The van der Waals surface area contributed by atoms with Gasteiger partial charge in [-0.1, -0.05) is 97.1 Å². The number of hydrogen-bond donors (Lipinski definition) is 2.